The number of piperidine rings is 1. The fraction of sp³-hybridized carbons (Fsp3) is 0.457. The number of halogens is 2. The lowest BCUT2D eigenvalue weighted by atomic mass is 9.94. The summed E-state index contributed by atoms with van der Waals surface area (Å²) < 4.78 is 39.9. The first-order chi connectivity index (χ1) is 22.9. The zero-order valence-electron chi connectivity index (χ0n) is 27.7. The Morgan fingerprint density at radius 2 is 1.69 bits per heavy atom. The fourth-order valence-electron chi connectivity index (χ4n) is 6.19. The average molecular weight is 665 g/mol. The predicted molar refractivity (Wildman–Crippen MR) is 174 cm³/mol. The van der Waals surface area contributed by atoms with Crippen LogP contribution in [0.15, 0.2) is 60.9 Å². The van der Waals surface area contributed by atoms with E-state index in [0.717, 1.165) is 23.8 Å². The van der Waals surface area contributed by atoms with Gasteiger partial charge in [0.2, 0.25) is 5.95 Å². The summed E-state index contributed by atoms with van der Waals surface area (Å²) in [6, 6.07) is 12.0. The van der Waals surface area contributed by atoms with Crippen LogP contribution in [0.5, 0.6) is 0 Å². The molecule has 5 rings (SSSR count). The molecule has 3 aromatic rings. The first-order valence-corrected chi connectivity index (χ1v) is 16.2. The third kappa shape index (κ3) is 8.55. The molecule has 11 nitrogen and oxygen atoms in total. The summed E-state index contributed by atoms with van der Waals surface area (Å²) >= 11 is 0. The van der Waals surface area contributed by atoms with Gasteiger partial charge >= 0.3 is 12.2 Å². The number of carbonyl (C=O) groups is 3. The van der Waals surface area contributed by atoms with Crippen molar-refractivity contribution in [1.82, 2.24) is 25.1 Å². The van der Waals surface area contributed by atoms with Gasteiger partial charge < -0.3 is 29.5 Å². The quantitative estimate of drug-likeness (QED) is 0.335. The summed E-state index contributed by atoms with van der Waals surface area (Å²) in [6.45, 7) is 9.13. The van der Waals surface area contributed by atoms with Crippen LogP contribution >= 0.6 is 0 Å². The Kier molecular flexibility index (Phi) is 10.8. The first kappa shape index (κ1) is 34.5. The molecule has 0 bridgehead atoms. The number of rotatable bonds is 8. The molecule has 2 aliphatic rings. The number of hydrogen-bond donors (Lipinski definition) is 1. The molecule has 48 heavy (non-hydrogen) atoms. The predicted octanol–water partition coefficient (Wildman–Crippen LogP) is 5.52. The van der Waals surface area contributed by atoms with Crippen molar-refractivity contribution in [3.05, 3.63) is 89.2 Å². The molecule has 256 valence electrons. The molecule has 2 aromatic carbocycles. The SMILES string of the molecule is CCN(C(=O)c1cnc(N2CC(NC(=O)OC(C)(C)C)C(c3cc(F)ccc3F)C2)nc1)C1CCN(C(=O)OCc2ccccc2)CC1. The molecule has 2 saturated heterocycles. The molecule has 13 heteroatoms. The summed E-state index contributed by atoms with van der Waals surface area (Å²) in [5.74, 6) is -1.73. The molecule has 1 N–H and O–H groups in total. The van der Waals surface area contributed by atoms with E-state index in [1.165, 1.54) is 12.4 Å². The highest BCUT2D eigenvalue weighted by Gasteiger charge is 2.39. The maximum Gasteiger partial charge on any atom is 0.410 e. The minimum absolute atomic E-state index is 0.0689. The lowest BCUT2D eigenvalue weighted by Crippen LogP contribution is -2.48. The molecule has 2 atom stereocenters. The molecule has 3 amide bonds. The monoisotopic (exact) mass is 664 g/mol. The van der Waals surface area contributed by atoms with E-state index in [4.69, 9.17) is 9.47 Å². The third-order valence-corrected chi connectivity index (χ3v) is 8.52. The summed E-state index contributed by atoms with van der Waals surface area (Å²) in [7, 11) is 0. The Hall–Kier alpha value is -4.81. The van der Waals surface area contributed by atoms with Gasteiger partial charge in [-0.2, -0.15) is 0 Å². The van der Waals surface area contributed by atoms with Gasteiger partial charge in [0.1, 0.15) is 23.8 Å². The standard InChI is InChI=1S/C35H42F2N6O5/c1-5-43(26-13-15-41(16-14-26)34(46)47-22-23-9-7-6-8-10-23)31(44)24-18-38-32(39-19-24)42-20-28(27-17-25(36)11-12-29(27)37)30(21-42)40-33(45)48-35(2,3)4/h6-12,17-19,26,28,30H,5,13-16,20-22H2,1-4H3,(H,40,45). The molecule has 0 spiro atoms. The van der Waals surface area contributed by atoms with Gasteiger partial charge in [0.25, 0.3) is 5.91 Å². The second-order valence-electron chi connectivity index (χ2n) is 13.1. The van der Waals surface area contributed by atoms with Crippen LogP contribution in [-0.4, -0.2) is 88.3 Å². The number of alkyl carbamates (subject to hydrolysis) is 1. The van der Waals surface area contributed by atoms with Crippen LogP contribution in [0.4, 0.5) is 24.3 Å². The van der Waals surface area contributed by atoms with E-state index >= 15 is 0 Å². The van der Waals surface area contributed by atoms with E-state index in [-0.39, 0.29) is 49.3 Å². The van der Waals surface area contributed by atoms with Crippen LogP contribution in [0.1, 0.15) is 67.9 Å². The van der Waals surface area contributed by atoms with Crippen LogP contribution < -0.4 is 10.2 Å². The van der Waals surface area contributed by atoms with E-state index in [0.29, 0.717) is 38.0 Å². The maximum absolute atomic E-state index is 14.9. The second-order valence-corrected chi connectivity index (χ2v) is 13.1. The van der Waals surface area contributed by atoms with E-state index in [1.807, 2.05) is 37.3 Å². The lowest BCUT2D eigenvalue weighted by molar-refractivity contribution is 0.0499. The van der Waals surface area contributed by atoms with E-state index in [1.54, 1.807) is 35.5 Å². The normalized spacial score (nSPS) is 18.4. The number of nitrogens with one attached hydrogen (secondary N) is 1. The third-order valence-electron chi connectivity index (χ3n) is 8.52. The van der Waals surface area contributed by atoms with Gasteiger partial charge in [-0.3, -0.25) is 4.79 Å². The lowest BCUT2D eigenvalue weighted by Gasteiger charge is -2.37. The van der Waals surface area contributed by atoms with Crippen molar-refractivity contribution >= 4 is 24.0 Å². The van der Waals surface area contributed by atoms with E-state index < -0.39 is 35.3 Å². The molecule has 1 aromatic heterocycles. The van der Waals surface area contributed by atoms with E-state index in [2.05, 4.69) is 15.3 Å². The van der Waals surface area contributed by atoms with Gasteiger partial charge in [-0.1, -0.05) is 30.3 Å². The van der Waals surface area contributed by atoms with Crippen LogP contribution in [0.2, 0.25) is 0 Å². The summed E-state index contributed by atoms with van der Waals surface area (Å²) in [6.07, 6.45) is 3.08. The van der Waals surface area contributed by atoms with Gasteiger partial charge in [0, 0.05) is 57.1 Å². The molecular formula is C35H42F2N6O5. The van der Waals surface area contributed by atoms with E-state index in [9.17, 15) is 23.2 Å². The Bertz CT molecular complexity index is 1580. The molecule has 3 heterocycles. The molecule has 0 radical (unpaired) electrons. The van der Waals surface area contributed by atoms with Crippen molar-refractivity contribution in [3.63, 3.8) is 0 Å². The molecule has 2 aliphatic heterocycles. The molecule has 2 unspecified atom stereocenters. The number of amides is 3. The Balaban J connectivity index is 1.21. The number of carbonyl (C=O) groups excluding carboxylic acids is 3. The van der Waals surface area contributed by atoms with Crippen molar-refractivity contribution < 1.29 is 32.6 Å². The van der Waals surface area contributed by atoms with Crippen molar-refractivity contribution in [3.8, 4) is 0 Å². The number of nitrogens with zero attached hydrogens (tertiary/aromatic N) is 5. The molecule has 0 saturated carbocycles. The van der Waals surface area contributed by atoms with Crippen molar-refractivity contribution in [2.75, 3.05) is 37.6 Å². The van der Waals surface area contributed by atoms with Crippen molar-refractivity contribution in [2.45, 2.75) is 70.7 Å². The van der Waals surface area contributed by atoms with Crippen LogP contribution in [0.25, 0.3) is 0 Å². The zero-order chi connectivity index (χ0) is 34.4. The smallest absolute Gasteiger partial charge is 0.410 e. The molecular weight excluding hydrogens is 622 g/mol. The average Bonchev–Trinajstić information content (AvgIpc) is 3.48. The highest BCUT2D eigenvalue weighted by molar-refractivity contribution is 5.94. The summed E-state index contributed by atoms with van der Waals surface area (Å²) in [5, 5.41) is 2.80. The Morgan fingerprint density at radius 3 is 2.33 bits per heavy atom. The highest BCUT2D eigenvalue weighted by atomic mass is 19.1. The van der Waals surface area contributed by atoms with Gasteiger partial charge in [0.15, 0.2) is 0 Å². The van der Waals surface area contributed by atoms with Crippen LogP contribution in [0.3, 0.4) is 0 Å². The van der Waals surface area contributed by atoms with Gasteiger partial charge in [-0.25, -0.2) is 28.3 Å². The van der Waals surface area contributed by atoms with Gasteiger partial charge in [-0.05, 0) is 69.9 Å². The summed E-state index contributed by atoms with van der Waals surface area (Å²) in [5.41, 5.74) is 0.602. The highest BCUT2D eigenvalue weighted by Crippen LogP contribution is 2.32. The van der Waals surface area contributed by atoms with Gasteiger partial charge in [-0.15, -0.1) is 0 Å². The zero-order valence-corrected chi connectivity index (χ0v) is 27.7. The number of hydrogen-bond acceptors (Lipinski definition) is 8. The topological polar surface area (TPSA) is 117 Å². The van der Waals surface area contributed by atoms with Gasteiger partial charge in [0.05, 0.1) is 11.6 Å². The molecule has 0 aliphatic carbocycles. The maximum atomic E-state index is 14.9. The Morgan fingerprint density at radius 1 is 1.00 bits per heavy atom. The second kappa shape index (κ2) is 15.0. The van der Waals surface area contributed by atoms with Crippen molar-refractivity contribution in [1.29, 1.82) is 0 Å². The summed E-state index contributed by atoms with van der Waals surface area (Å²) in [4.78, 5) is 52.9. The fourth-order valence-corrected chi connectivity index (χ4v) is 6.19. The number of benzene rings is 2. The number of aromatic nitrogens is 2. The largest absolute Gasteiger partial charge is 0.445 e. The molecule has 2 fully saturated rings. The number of anilines is 1. The van der Waals surface area contributed by atoms with Crippen LogP contribution in [0, 0.1) is 11.6 Å². The number of ether oxygens (including phenoxy) is 2. The minimum atomic E-state index is -0.745. The first-order valence-electron chi connectivity index (χ1n) is 16.2. The Labute approximate surface area is 279 Å². The van der Waals surface area contributed by atoms with Crippen LogP contribution in [-0.2, 0) is 16.1 Å². The minimum Gasteiger partial charge on any atom is -0.445 e. The van der Waals surface area contributed by atoms with Crippen molar-refractivity contribution in [2.24, 2.45) is 0 Å². The number of likely N-dealkylation sites (tertiary alicyclic amines) is 1.